The van der Waals surface area contributed by atoms with Crippen LogP contribution in [0.25, 0.3) is 0 Å². The van der Waals surface area contributed by atoms with Crippen molar-refractivity contribution in [2.75, 3.05) is 0 Å². The lowest BCUT2D eigenvalue weighted by Gasteiger charge is -1.98. The molecule has 0 aliphatic rings. The lowest BCUT2D eigenvalue weighted by molar-refractivity contribution is 0.0997. The fourth-order valence-corrected chi connectivity index (χ4v) is 3.33. The molecule has 0 spiro atoms. The van der Waals surface area contributed by atoms with Gasteiger partial charge in [0.1, 0.15) is 5.82 Å². The molecule has 0 bridgehead atoms. The molecule has 0 radical (unpaired) electrons. The van der Waals surface area contributed by atoms with Crippen LogP contribution in [0.5, 0.6) is 0 Å². The zero-order valence-electron chi connectivity index (χ0n) is 8.54. The summed E-state index contributed by atoms with van der Waals surface area (Å²) >= 11 is 8.08. The first-order valence-corrected chi connectivity index (χ1v) is 7.19. The number of thiophene rings is 1. The molecular formula is C12H7Br2FOS. The molecule has 0 atom stereocenters. The summed E-state index contributed by atoms with van der Waals surface area (Å²) in [5, 5.41) is 0. The molecule has 0 aliphatic heterocycles. The minimum Gasteiger partial charge on any atom is -0.293 e. The van der Waals surface area contributed by atoms with E-state index in [1.54, 1.807) is 18.2 Å². The van der Waals surface area contributed by atoms with Crippen LogP contribution in [0.2, 0.25) is 0 Å². The van der Waals surface area contributed by atoms with Crippen LogP contribution in [0.15, 0.2) is 38.6 Å². The molecule has 2 aromatic rings. The third-order valence-electron chi connectivity index (χ3n) is 2.20. The number of ketones is 1. The molecule has 2 rings (SSSR count). The van der Waals surface area contributed by atoms with Crippen LogP contribution in [0.1, 0.15) is 15.2 Å². The second-order valence-corrected chi connectivity index (χ2v) is 6.68. The zero-order chi connectivity index (χ0) is 12.4. The van der Waals surface area contributed by atoms with Gasteiger partial charge in [0.2, 0.25) is 0 Å². The number of halogens is 3. The van der Waals surface area contributed by atoms with Crippen LogP contribution in [0.4, 0.5) is 4.39 Å². The fourth-order valence-electron chi connectivity index (χ4n) is 1.36. The molecule has 1 heterocycles. The molecule has 17 heavy (non-hydrogen) atoms. The second-order valence-electron chi connectivity index (χ2n) is 3.46. The van der Waals surface area contributed by atoms with E-state index < -0.39 is 0 Å². The summed E-state index contributed by atoms with van der Waals surface area (Å²) in [6, 6.07) is 7.78. The van der Waals surface area contributed by atoms with Crippen molar-refractivity contribution in [3.63, 3.8) is 0 Å². The topological polar surface area (TPSA) is 17.1 Å². The Balaban J connectivity index is 2.14. The van der Waals surface area contributed by atoms with Gasteiger partial charge in [-0.25, -0.2) is 4.39 Å². The van der Waals surface area contributed by atoms with Crippen LogP contribution in [0, 0.1) is 5.82 Å². The molecule has 88 valence electrons. The van der Waals surface area contributed by atoms with E-state index in [-0.39, 0.29) is 11.6 Å². The summed E-state index contributed by atoms with van der Waals surface area (Å²) in [5.74, 6) is -0.254. The average Bonchev–Trinajstić information content (AvgIpc) is 2.63. The van der Waals surface area contributed by atoms with Crippen molar-refractivity contribution in [3.05, 3.63) is 54.8 Å². The van der Waals surface area contributed by atoms with E-state index in [9.17, 15) is 9.18 Å². The first-order valence-electron chi connectivity index (χ1n) is 4.79. The molecule has 0 amide bonds. The van der Waals surface area contributed by atoms with E-state index in [1.165, 1.54) is 23.5 Å². The van der Waals surface area contributed by atoms with Gasteiger partial charge in [-0.05, 0) is 55.6 Å². The largest absolute Gasteiger partial charge is 0.293 e. The van der Waals surface area contributed by atoms with Gasteiger partial charge in [0.25, 0.3) is 0 Å². The maximum atomic E-state index is 12.7. The van der Waals surface area contributed by atoms with Gasteiger partial charge < -0.3 is 0 Å². The minimum absolute atomic E-state index is 0.0352. The van der Waals surface area contributed by atoms with Gasteiger partial charge in [0.15, 0.2) is 5.78 Å². The quantitative estimate of drug-likeness (QED) is 0.699. The normalized spacial score (nSPS) is 10.5. The van der Waals surface area contributed by atoms with Crippen molar-refractivity contribution in [3.8, 4) is 0 Å². The van der Waals surface area contributed by atoms with Gasteiger partial charge in [-0.1, -0.05) is 12.1 Å². The summed E-state index contributed by atoms with van der Waals surface area (Å²) < 4.78 is 14.5. The molecule has 0 saturated carbocycles. The standard InChI is InChI=1S/C12H7Br2FOS/c13-9-6-11(17-12(9)14)10(16)5-7-1-3-8(15)4-2-7/h1-4,6H,5H2. The Labute approximate surface area is 119 Å². The summed E-state index contributed by atoms with van der Waals surface area (Å²) in [6.45, 7) is 0. The molecule has 1 nitrogen and oxygen atoms in total. The molecule has 1 aromatic heterocycles. The number of rotatable bonds is 3. The Hall–Kier alpha value is -0.520. The molecule has 0 fully saturated rings. The highest BCUT2D eigenvalue weighted by Gasteiger charge is 2.12. The van der Waals surface area contributed by atoms with Crippen LogP contribution in [-0.4, -0.2) is 5.78 Å². The van der Waals surface area contributed by atoms with E-state index in [2.05, 4.69) is 31.9 Å². The average molecular weight is 378 g/mol. The fraction of sp³-hybridized carbons (Fsp3) is 0.0833. The Morgan fingerprint density at radius 1 is 1.24 bits per heavy atom. The van der Waals surface area contributed by atoms with Crippen molar-refractivity contribution < 1.29 is 9.18 Å². The maximum absolute atomic E-state index is 12.7. The van der Waals surface area contributed by atoms with Gasteiger partial charge >= 0.3 is 0 Å². The first-order chi connectivity index (χ1) is 8.06. The number of Topliss-reactive ketones (excluding diaryl/α,β-unsaturated/α-hetero) is 1. The second kappa shape index (κ2) is 5.42. The smallest absolute Gasteiger partial charge is 0.177 e. The van der Waals surface area contributed by atoms with Crippen LogP contribution >= 0.6 is 43.2 Å². The summed E-state index contributed by atoms with van der Waals surface area (Å²) in [5.41, 5.74) is 0.817. The minimum atomic E-state index is -0.289. The van der Waals surface area contributed by atoms with Gasteiger partial charge in [-0.3, -0.25) is 4.79 Å². The van der Waals surface area contributed by atoms with Gasteiger partial charge in [-0.2, -0.15) is 0 Å². The predicted octanol–water partition coefficient (Wildman–Crippen LogP) is 4.84. The monoisotopic (exact) mass is 376 g/mol. The predicted molar refractivity (Wildman–Crippen MR) is 74.2 cm³/mol. The van der Waals surface area contributed by atoms with Crippen molar-refractivity contribution >= 4 is 49.0 Å². The number of carbonyl (C=O) groups excluding carboxylic acids is 1. The van der Waals surface area contributed by atoms with Crippen molar-refractivity contribution in [2.24, 2.45) is 0 Å². The molecule has 0 N–H and O–H groups in total. The lowest BCUT2D eigenvalue weighted by atomic mass is 10.1. The van der Waals surface area contributed by atoms with E-state index in [0.29, 0.717) is 11.3 Å². The molecular weight excluding hydrogens is 371 g/mol. The first kappa shape index (κ1) is 12.9. The van der Waals surface area contributed by atoms with Gasteiger partial charge in [0, 0.05) is 10.9 Å². The SMILES string of the molecule is O=C(Cc1ccc(F)cc1)c1cc(Br)c(Br)s1. The Kier molecular flexibility index (Phi) is 4.12. The maximum Gasteiger partial charge on any atom is 0.177 e. The Bertz CT molecular complexity index is 529. The summed E-state index contributed by atoms with van der Waals surface area (Å²) in [7, 11) is 0. The van der Waals surface area contributed by atoms with E-state index in [4.69, 9.17) is 0 Å². The highest BCUT2D eigenvalue weighted by Crippen LogP contribution is 2.32. The molecule has 0 unspecified atom stereocenters. The van der Waals surface area contributed by atoms with Gasteiger partial charge in [0.05, 0.1) is 8.66 Å². The summed E-state index contributed by atoms with van der Waals surface area (Å²) in [6.07, 6.45) is 0.291. The van der Waals surface area contributed by atoms with E-state index in [0.717, 1.165) is 13.8 Å². The number of hydrogen-bond donors (Lipinski definition) is 0. The van der Waals surface area contributed by atoms with Crippen molar-refractivity contribution in [1.82, 2.24) is 0 Å². The van der Waals surface area contributed by atoms with E-state index >= 15 is 0 Å². The van der Waals surface area contributed by atoms with Crippen LogP contribution < -0.4 is 0 Å². The highest BCUT2D eigenvalue weighted by atomic mass is 79.9. The number of carbonyl (C=O) groups is 1. The van der Waals surface area contributed by atoms with Crippen molar-refractivity contribution in [2.45, 2.75) is 6.42 Å². The third-order valence-corrected chi connectivity index (χ3v) is 5.50. The zero-order valence-corrected chi connectivity index (χ0v) is 12.5. The molecule has 5 heteroatoms. The van der Waals surface area contributed by atoms with Crippen LogP contribution in [-0.2, 0) is 6.42 Å². The lowest BCUT2D eigenvalue weighted by Crippen LogP contribution is -2.00. The third kappa shape index (κ3) is 3.24. The highest BCUT2D eigenvalue weighted by molar-refractivity contribution is 9.13. The molecule has 0 saturated heterocycles. The number of benzene rings is 1. The van der Waals surface area contributed by atoms with E-state index in [1.807, 2.05) is 0 Å². The molecule has 0 aliphatic carbocycles. The van der Waals surface area contributed by atoms with Crippen LogP contribution in [0.3, 0.4) is 0 Å². The van der Waals surface area contributed by atoms with Gasteiger partial charge in [-0.15, -0.1) is 11.3 Å². The Morgan fingerprint density at radius 3 is 2.41 bits per heavy atom. The molecule has 1 aromatic carbocycles. The van der Waals surface area contributed by atoms with Crippen molar-refractivity contribution in [1.29, 1.82) is 0 Å². The summed E-state index contributed by atoms with van der Waals surface area (Å²) in [4.78, 5) is 12.6. The Morgan fingerprint density at radius 2 is 1.88 bits per heavy atom. The number of hydrogen-bond acceptors (Lipinski definition) is 2.